The highest BCUT2D eigenvalue weighted by Crippen LogP contribution is 2.20. The van der Waals surface area contributed by atoms with Crippen LogP contribution in [0.2, 0.25) is 0 Å². The molecule has 1 heterocycles. The fourth-order valence-electron chi connectivity index (χ4n) is 3.63. The van der Waals surface area contributed by atoms with Crippen LogP contribution in [0.1, 0.15) is 43.7 Å². The number of likely N-dealkylation sites (tertiary alicyclic amines) is 1. The van der Waals surface area contributed by atoms with Crippen LogP contribution in [0, 0.1) is 6.92 Å². The summed E-state index contributed by atoms with van der Waals surface area (Å²) in [6.07, 6.45) is 3.75. The first kappa shape index (κ1) is 21.5. The third-order valence-corrected chi connectivity index (χ3v) is 7.27. The Balaban J connectivity index is 1.50. The lowest BCUT2D eigenvalue weighted by Crippen LogP contribution is -2.36. The molecule has 1 N–H and O–H groups in total. The van der Waals surface area contributed by atoms with Crippen molar-refractivity contribution in [1.29, 1.82) is 0 Å². The zero-order chi connectivity index (χ0) is 20.9. The Bertz CT molecular complexity index is 922. The number of amides is 1. The van der Waals surface area contributed by atoms with Gasteiger partial charge in [0, 0.05) is 24.7 Å². The van der Waals surface area contributed by atoms with Gasteiger partial charge in [-0.15, -0.1) is 0 Å². The summed E-state index contributed by atoms with van der Waals surface area (Å²) in [7, 11) is -3.46. The topological polar surface area (TPSA) is 66.5 Å². The average molecular weight is 415 g/mol. The monoisotopic (exact) mass is 414 g/mol. The summed E-state index contributed by atoms with van der Waals surface area (Å²) in [5, 5.41) is 2.80. The lowest BCUT2D eigenvalue weighted by atomic mass is 10.0. The normalized spacial score (nSPS) is 17.8. The molecule has 1 atom stereocenters. The Morgan fingerprint density at radius 2 is 1.76 bits per heavy atom. The van der Waals surface area contributed by atoms with E-state index in [2.05, 4.69) is 17.1 Å². The minimum Gasteiger partial charge on any atom is -0.326 e. The van der Waals surface area contributed by atoms with Crippen LogP contribution < -0.4 is 5.32 Å². The molecule has 1 aliphatic heterocycles. The maximum atomic E-state index is 12.4. The highest BCUT2D eigenvalue weighted by atomic mass is 32.2. The van der Waals surface area contributed by atoms with E-state index in [4.69, 9.17) is 0 Å². The van der Waals surface area contributed by atoms with E-state index in [9.17, 15) is 13.2 Å². The Kier molecular flexibility index (Phi) is 7.09. The number of carbonyl (C=O) groups is 1. The number of hydrogen-bond acceptors (Lipinski definition) is 4. The van der Waals surface area contributed by atoms with Crippen LogP contribution in [0.5, 0.6) is 0 Å². The molecule has 156 valence electrons. The van der Waals surface area contributed by atoms with Crippen molar-refractivity contribution in [1.82, 2.24) is 4.90 Å². The van der Waals surface area contributed by atoms with Crippen molar-refractivity contribution < 1.29 is 13.2 Å². The molecule has 2 aromatic carbocycles. The van der Waals surface area contributed by atoms with Gasteiger partial charge in [0.2, 0.25) is 5.91 Å². The fraction of sp³-hybridized carbons (Fsp3) is 0.435. The van der Waals surface area contributed by atoms with Crippen molar-refractivity contribution >= 4 is 21.4 Å². The molecule has 3 rings (SSSR count). The van der Waals surface area contributed by atoms with Crippen molar-refractivity contribution in [3.63, 3.8) is 0 Å². The van der Waals surface area contributed by atoms with E-state index in [0.29, 0.717) is 11.7 Å². The van der Waals surface area contributed by atoms with Gasteiger partial charge in [0.05, 0.1) is 10.6 Å². The molecule has 0 bridgehead atoms. The highest BCUT2D eigenvalue weighted by Gasteiger charge is 2.18. The Labute approximate surface area is 174 Å². The maximum Gasteiger partial charge on any atom is 0.225 e. The SMILES string of the molecule is Cc1ccc(S(=O)(=O)CCC(=O)Nc2ccc(CN3CCCCC3C)cc2)cc1. The van der Waals surface area contributed by atoms with Crippen LogP contribution in [0.3, 0.4) is 0 Å². The van der Waals surface area contributed by atoms with Crippen LogP contribution in [0.15, 0.2) is 53.4 Å². The Morgan fingerprint density at radius 1 is 1.07 bits per heavy atom. The second-order valence-electron chi connectivity index (χ2n) is 7.94. The Morgan fingerprint density at radius 3 is 2.41 bits per heavy atom. The minimum atomic E-state index is -3.46. The number of carbonyl (C=O) groups excluding carboxylic acids is 1. The molecule has 6 heteroatoms. The Hall–Kier alpha value is -2.18. The van der Waals surface area contributed by atoms with Gasteiger partial charge in [-0.3, -0.25) is 9.69 Å². The molecule has 1 fully saturated rings. The summed E-state index contributed by atoms with van der Waals surface area (Å²) >= 11 is 0. The van der Waals surface area contributed by atoms with Crippen molar-refractivity contribution in [3.05, 3.63) is 59.7 Å². The van der Waals surface area contributed by atoms with Crippen molar-refractivity contribution in [2.24, 2.45) is 0 Å². The molecule has 0 saturated carbocycles. The van der Waals surface area contributed by atoms with E-state index < -0.39 is 9.84 Å². The lowest BCUT2D eigenvalue weighted by molar-refractivity contribution is -0.115. The lowest BCUT2D eigenvalue weighted by Gasteiger charge is -2.33. The first-order chi connectivity index (χ1) is 13.8. The standard InChI is InChI=1S/C23H30N2O3S/c1-18-6-12-22(13-7-18)29(27,28)16-14-23(26)24-21-10-8-20(9-11-21)17-25-15-4-3-5-19(25)2/h6-13,19H,3-5,14-17H2,1-2H3,(H,24,26). The summed E-state index contributed by atoms with van der Waals surface area (Å²) in [5.74, 6) is -0.495. The molecule has 0 radical (unpaired) electrons. The highest BCUT2D eigenvalue weighted by molar-refractivity contribution is 7.91. The summed E-state index contributed by atoms with van der Waals surface area (Å²) < 4.78 is 24.8. The van der Waals surface area contributed by atoms with E-state index in [1.807, 2.05) is 31.2 Å². The summed E-state index contributed by atoms with van der Waals surface area (Å²) in [6, 6.07) is 15.1. The van der Waals surface area contributed by atoms with E-state index in [0.717, 1.165) is 18.7 Å². The number of benzene rings is 2. The molecular weight excluding hydrogens is 384 g/mol. The number of piperidine rings is 1. The molecule has 0 spiro atoms. The van der Waals surface area contributed by atoms with Gasteiger partial charge in [-0.1, -0.05) is 36.2 Å². The van der Waals surface area contributed by atoms with Gasteiger partial charge in [-0.05, 0) is 63.1 Å². The van der Waals surface area contributed by atoms with Crippen molar-refractivity contribution in [3.8, 4) is 0 Å². The average Bonchev–Trinajstić information content (AvgIpc) is 2.70. The van der Waals surface area contributed by atoms with Crippen LogP contribution in [0.25, 0.3) is 0 Å². The third kappa shape index (κ3) is 6.15. The first-order valence-electron chi connectivity index (χ1n) is 10.3. The molecule has 1 unspecified atom stereocenters. The number of nitrogens with zero attached hydrogens (tertiary/aromatic N) is 1. The predicted molar refractivity (Wildman–Crippen MR) is 117 cm³/mol. The first-order valence-corrected chi connectivity index (χ1v) is 11.9. The van der Waals surface area contributed by atoms with Gasteiger partial charge in [0.1, 0.15) is 0 Å². The predicted octanol–water partition coefficient (Wildman–Crippen LogP) is 4.17. The number of nitrogens with one attached hydrogen (secondary N) is 1. The van der Waals surface area contributed by atoms with Crippen LogP contribution in [-0.2, 0) is 21.2 Å². The zero-order valence-electron chi connectivity index (χ0n) is 17.2. The second-order valence-corrected chi connectivity index (χ2v) is 10.1. The number of aryl methyl sites for hydroxylation is 1. The molecule has 0 aromatic heterocycles. The van der Waals surface area contributed by atoms with E-state index >= 15 is 0 Å². The van der Waals surface area contributed by atoms with Crippen LogP contribution in [-0.4, -0.2) is 37.6 Å². The molecule has 2 aromatic rings. The van der Waals surface area contributed by atoms with Crippen LogP contribution in [0.4, 0.5) is 5.69 Å². The molecule has 1 aliphatic rings. The zero-order valence-corrected chi connectivity index (χ0v) is 18.0. The van der Waals surface area contributed by atoms with Crippen LogP contribution >= 0.6 is 0 Å². The van der Waals surface area contributed by atoms with Gasteiger partial charge in [0.25, 0.3) is 0 Å². The molecule has 1 saturated heterocycles. The van der Waals surface area contributed by atoms with Crippen molar-refractivity contribution in [2.45, 2.75) is 57.0 Å². The largest absolute Gasteiger partial charge is 0.326 e. The van der Waals surface area contributed by atoms with Gasteiger partial charge in [-0.2, -0.15) is 0 Å². The molecule has 0 aliphatic carbocycles. The quantitative estimate of drug-likeness (QED) is 0.738. The van der Waals surface area contributed by atoms with Crippen molar-refractivity contribution in [2.75, 3.05) is 17.6 Å². The number of sulfone groups is 1. The maximum absolute atomic E-state index is 12.4. The van der Waals surface area contributed by atoms with Gasteiger partial charge >= 0.3 is 0 Å². The van der Waals surface area contributed by atoms with E-state index in [1.54, 1.807) is 24.3 Å². The molecule has 5 nitrogen and oxygen atoms in total. The number of hydrogen-bond donors (Lipinski definition) is 1. The van der Waals surface area contributed by atoms with Gasteiger partial charge < -0.3 is 5.32 Å². The summed E-state index contributed by atoms with van der Waals surface area (Å²) in [5.41, 5.74) is 2.91. The molecule has 1 amide bonds. The minimum absolute atomic E-state index is 0.0662. The molecular formula is C23H30N2O3S. The van der Waals surface area contributed by atoms with Gasteiger partial charge in [-0.25, -0.2) is 8.42 Å². The van der Waals surface area contributed by atoms with E-state index in [-0.39, 0.29) is 23.0 Å². The smallest absolute Gasteiger partial charge is 0.225 e. The fourth-order valence-corrected chi connectivity index (χ4v) is 4.88. The molecule has 29 heavy (non-hydrogen) atoms. The number of anilines is 1. The summed E-state index contributed by atoms with van der Waals surface area (Å²) in [6.45, 7) is 6.24. The third-order valence-electron chi connectivity index (χ3n) is 5.54. The van der Waals surface area contributed by atoms with Gasteiger partial charge in [0.15, 0.2) is 9.84 Å². The second kappa shape index (κ2) is 9.55. The van der Waals surface area contributed by atoms with E-state index in [1.165, 1.54) is 24.8 Å². The summed E-state index contributed by atoms with van der Waals surface area (Å²) in [4.78, 5) is 15.0. The number of rotatable bonds is 7.